The molecule has 0 aliphatic heterocycles. The summed E-state index contributed by atoms with van der Waals surface area (Å²) >= 11 is 1.28. The van der Waals surface area contributed by atoms with Gasteiger partial charge < -0.3 is 14.2 Å². The van der Waals surface area contributed by atoms with Gasteiger partial charge in [-0.3, -0.25) is 4.79 Å². The van der Waals surface area contributed by atoms with Crippen LogP contribution in [-0.4, -0.2) is 41.9 Å². The number of carbonyl (C=O) groups excluding carboxylic acids is 2. The van der Waals surface area contributed by atoms with E-state index in [0.717, 1.165) is 5.56 Å². The number of nitrogens with zero attached hydrogens (tertiary/aromatic N) is 2. The maximum Gasteiger partial charge on any atom is 0.345 e. The summed E-state index contributed by atoms with van der Waals surface area (Å²) in [6, 6.07) is 9.48. The topological polar surface area (TPSA) is 87.6 Å². The largest absolute Gasteiger partial charge is 0.472 e. The van der Waals surface area contributed by atoms with Crippen molar-refractivity contribution in [2.45, 2.75) is 25.1 Å². The normalized spacial score (nSPS) is 10.3. The zero-order chi connectivity index (χ0) is 18.9. The van der Waals surface area contributed by atoms with Crippen molar-refractivity contribution in [1.82, 2.24) is 9.97 Å². The minimum absolute atomic E-state index is 0.0472. The molecular formula is C18H20N2O5S. The fourth-order valence-corrected chi connectivity index (χ4v) is 2.51. The number of carbonyl (C=O) groups is 2. The first-order valence-electron chi connectivity index (χ1n) is 7.94. The van der Waals surface area contributed by atoms with Crippen LogP contribution in [0.15, 0.2) is 35.5 Å². The molecule has 2 aromatic rings. The second-order valence-electron chi connectivity index (χ2n) is 5.08. The Balaban J connectivity index is 2.42. The lowest BCUT2D eigenvalue weighted by molar-refractivity contribution is -0.139. The van der Waals surface area contributed by atoms with E-state index < -0.39 is 11.9 Å². The number of benzene rings is 1. The number of hydrogen-bond acceptors (Lipinski definition) is 8. The van der Waals surface area contributed by atoms with Crippen LogP contribution in [0.2, 0.25) is 0 Å². The third-order valence-corrected chi connectivity index (χ3v) is 3.90. The van der Waals surface area contributed by atoms with Crippen molar-refractivity contribution in [2.75, 3.05) is 20.0 Å². The molecule has 2 rings (SSSR count). The van der Waals surface area contributed by atoms with Crippen molar-refractivity contribution in [1.29, 1.82) is 0 Å². The van der Waals surface area contributed by atoms with Gasteiger partial charge in [-0.15, -0.1) is 0 Å². The lowest BCUT2D eigenvalue weighted by atomic mass is 10.1. The minimum Gasteiger partial charge on any atom is -0.472 e. The highest BCUT2D eigenvalue weighted by atomic mass is 32.2. The first-order chi connectivity index (χ1) is 12.6. The molecule has 1 aromatic carbocycles. The van der Waals surface area contributed by atoms with Gasteiger partial charge in [0.1, 0.15) is 12.2 Å². The number of rotatable bonds is 8. The average molecular weight is 376 g/mol. The monoisotopic (exact) mass is 376 g/mol. The van der Waals surface area contributed by atoms with E-state index in [1.54, 1.807) is 13.2 Å². The Bertz CT molecular complexity index is 768. The van der Waals surface area contributed by atoms with Gasteiger partial charge in [0.15, 0.2) is 5.16 Å². The van der Waals surface area contributed by atoms with Gasteiger partial charge in [0.05, 0.1) is 25.8 Å². The van der Waals surface area contributed by atoms with Gasteiger partial charge in [-0.2, -0.15) is 4.98 Å². The van der Waals surface area contributed by atoms with Crippen molar-refractivity contribution in [3.63, 3.8) is 0 Å². The molecule has 0 aliphatic rings. The smallest absolute Gasteiger partial charge is 0.345 e. The summed E-state index contributed by atoms with van der Waals surface area (Å²) in [5.41, 5.74) is 1.19. The summed E-state index contributed by atoms with van der Waals surface area (Å²) < 4.78 is 15.6. The molecule has 0 saturated heterocycles. The Kier molecular flexibility index (Phi) is 7.40. The molecule has 0 radical (unpaired) electrons. The molecule has 26 heavy (non-hydrogen) atoms. The Morgan fingerprint density at radius 3 is 2.50 bits per heavy atom. The van der Waals surface area contributed by atoms with E-state index in [9.17, 15) is 9.59 Å². The third-order valence-electron chi connectivity index (χ3n) is 3.35. The first-order valence-corrected chi connectivity index (χ1v) is 9.17. The first kappa shape index (κ1) is 19.7. The van der Waals surface area contributed by atoms with Gasteiger partial charge in [-0.05, 0) is 18.7 Å². The summed E-state index contributed by atoms with van der Waals surface area (Å²) in [5.74, 6) is -1.07. The molecule has 7 nitrogen and oxygen atoms in total. The molecule has 0 spiro atoms. The molecule has 0 bridgehead atoms. The number of methoxy groups -OCH3 is 1. The minimum atomic E-state index is -0.637. The van der Waals surface area contributed by atoms with Crippen LogP contribution in [0, 0.1) is 0 Å². The van der Waals surface area contributed by atoms with E-state index in [1.807, 2.05) is 30.3 Å². The number of thioether (sulfide) groups is 1. The number of hydrogen-bond donors (Lipinski definition) is 0. The molecule has 0 saturated carbocycles. The van der Waals surface area contributed by atoms with Crippen LogP contribution >= 0.6 is 11.8 Å². The van der Waals surface area contributed by atoms with Crippen molar-refractivity contribution < 1.29 is 23.8 Å². The Morgan fingerprint density at radius 1 is 1.15 bits per heavy atom. The fourth-order valence-electron chi connectivity index (χ4n) is 2.13. The maximum atomic E-state index is 12.4. The Morgan fingerprint density at radius 2 is 1.88 bits per heavy atom. The van der Waals surface area contributed by atoms with Gasteiger partial charge in [0.2, 0.25) is 5.88 Å². The number of ether oxygens (including phenoxy) is 3. The summed E-state index contributed by atoms with van der Waals surface area (Å²) in [5, 5.41) is 0.389. The average Bonchev–Trinajstić information content (AvgIpc) is 2.66. The number of aromatic nitrogens is 2. The SMILES string of the molecule is CCOC(=O)c1c(CC(=O)OC)nc(SC)nc1OCc1ccccc1. The van der Waals surface area contributed by atoms with Gasteiger partial charge >= 0.3 is 11.9 Å². The molecule has 1 aromatic heterocycles. The second kappa shape index (κ2) is 9.76. The highest BCUT2D eigenvalue weighted by Crippen LogP contribution is 2.25. The summed E-state index contributed by atoms with van der Waals surface area (Å²) in [7, 11) is 1.27. The lowest BCUT2D eigenvalue weighted by Crippen LogP contribution is -2.17. The van der Waals surface area contributed by atoms with Gasteiger partial charge in [0, 0.05) is 0 Å². The van der Waals surface area contributed by atoms with Crippen LogP contribution in [0.3, 0.4) is 0 Å². The zero-order valence-electron chi connectivity index (χ0n) is 14.9. The maximum absolute atomic E-state index is 12.4. The van der Waals surface area contributed by atoms with E-state index >= 15 is 0 Å². The van der Waals surface area contributed by atoms with Crippen molar-refractivity contribution in [3.05, 3.63) is 47.2 Å². The molecule has 0 atom stereocenters. The molecule has 0 N–H and O–H groups in total. The van der Waals surface area contributed by atoms with Crippen LogP contribution in [0.25, 0.3) is 0 Å². The molecule has 0 aliphatic carbocycles. The molecule has 0 fully saturated rings. The molecule has 0 amide bonds. The molecule has 138 valence electrons. The van der Waals surface area contributed by atoms with Crippen molar-refractivity contribution in [2.24, 2.45) is 0 Å². The fraction of sp³-hybridized carbons (Fsp3) is 0.333. The van der Waals surface area contributed by atoms with Crippen LogP contribution < -0.4 is 4.74 Å². The Labute approximate surface area is 156 Å². The molecular weight excluding hydrogens is 356 g/mol. The summed E-state index contributed by atoms with van der Waals surface area (Å²) in [6.07, 6.45) is 1.62. The molecule has 1 heterocycles. The van der Waals surface area contributed by atoms with Gasteiger partial charge in [-0.1, -0.05) is 42.1 Å². The standard InChI is InChI=1S/C18H20N2O5S/c1-4-24-17(22)15-13(10-14(21)23-2)19-18(26-3)20-16(15)25-11-12-8-6-5-7-9-12/h5-9H,4,10-11H2,1-3H3. The highest BCUT2D eigenvalue weighted by molar-refractivity contribution is 7.98. The predicted octanol–water partition coefficient (Wildman–Crippen LogP) is 2.67. The van der Waals surface area contributed by atoms with Crippen LogP contribution in [0.4, 0.5) is 0 Å². The van der Waals surface area contributed by atoms with Gasteiger partial charge in [-0.25, -0.2) is 9.78 Å². The quantitative estimate of drug-likeness (QED) is 0.395. The zero-order valence-corrected chi connectivity index (χ0v) is 15.7. The third kappa shape index (κ3) is 5.19. The van der Waals surface area contributed by atoms with E-state index in [0.29, 0.717) is 5.16 Å². The van der Waals surface area contributed by atoms with Crippen LogP contribution in [0.1, 0.15) is 28.5 Å². The highest BCUT2D eigenvalue weighted by Gasteiger charge is 2.25. The molecule has 0 unspecified atom stereocenters. The number of esters is 2. The summed E-state index contributed by atoms with van der Waals surface area (Å²) in [6.45, 7) is 2.09. The van der Waals surface area contributed by atoms with Crippen molar-refractivity contribution >= 4 is 23.7 Å². The van der Waals surface area contributed by atoms with E-state index in [-0.39, 0.29) is 36.8 Å². The van der Waals surface area contributed by atoms with Crippen LogP contribution in [0.5, 0.6) is 5.88 Å². The van der Waals surface area contributed by atoms with E-state index in [4.69, 9.17) is 14.2 Å². The van der Waals surface area contributed by atoms with E-state index in [1.165, 1.54) is 18.9 Å². The lowest BCUT2D eigenvalue weighted by Gasteiger charge is -2.14. The summed E-state index contributed by atoms with van der Waals surface area (Å²) in [4.78, 5) is 32.7. The second-order valence-corrected chi connectivity index (χ2v) is 5.86. The molecule has 8 heteroatoms. The van der Waals surface area contributed by atoms with E-state index in [2.05, 4.69) is 9.97 Å². The van der Waals surface area contributed by atoms with Crippen LogP contribution in [-0.2, 0) is 27.3 Å². The Hall–Kier alpha value is -2.61. The van der Waals surface area contributed by atoms with Crippen molar-refractivity contribution in [3.8, 4) is 5.88 Å². The predicted molar refractivity (Wildman–Crippen MR) is 96.3 cm³/mol. The van der Waals surface area contributed by atoms with Gasteiger partial charge in [0.25, 0.3) is 0 Å².